The summed E-state index contributed by atoms with van der Waals surface area (Å²) in [6, 6.07) is 2.19. The maximum atomic E-state index is 5.97. The van der Waals surface area contributed by atoms with Crippen LogP contribution in [0.25, 0.3) is 0 Å². The monoisotopic (exact) mass is 261 g/mol. The minimum absolute atomic E-state index is 0.783. The Balaban J connectivity index is 4.14. The third-order valence-electron chi connectivity index (χ3n) is 3.28. The first kappa shape index (κ1) is 17.1. The van der Waals surface area contributed by atoms with Gasteiger partial charge in [0.25, 0.3) is 0 Å². The molecule has 0 aliphatic heterocycles. The maximum Gasteiger partial charge on any atom is 0.337 e. The first-order chi connectivity index (χ1) is 8.17. The van der Waals surface area contributed by atoms with Crippen molar-refractivity contribution >= 4 is 8.56 Å². The molecule has 0 N–H and O–H groups in total. The lowest BCUT2D eigenvalue weighted by atomic mass is 10.4. The van der Waals surface area contributed by atoms with E-state index in [0.717, 1.165) is 38.4 Å². The highest BCUT2D eigenvalue weighted by Crippen LogP contribution is 2.21. The third-order valence-corrected chi connectivity index (χ3v) is 7.10. The van der Waals surface area contributed by atoms with Crippen molar-refractivity contribution in [3.63, 3.8) is 0 Å². The molecule has 0 spiro atoms. The summed E-state index contributed by atoms with van der Waals surface area (Å²) in [6.45, 7) is 15.8. The topological polar surface area (TPSA) is 21.7 Å². The second kappa shape index (κ2) is 10.1. The van der Waals surface area contributed by atoms with Crippen LogP contribution < -0.4 is 0 Å². The molecule has 0 unspecified atom stereocenters. The Morgan fingerprint density at radius 3 is 1.76 bits per heavy atom. The number of nitrogens with zero attached hydrogens (tertiary/aromatic N) is 1. The normalized spacial score (nSPS) is 12.4. The van der Waals surface area contributed by atoms with E-state index < -0.39 is 8.56 Å². The van der Waals surface area contributed by atoms with Crippen LogP contribution in [0.15, 0.2) is 0 Å². The van der Waals surface area contributed by atoms with Crippen molar-refractivity contribution in [3.8, 4) is 0 Å². The number of hydrogen-bond acceptors (Lipinski definition) is 3. The number of rotatable bonds is 11. The van der Waals surface area contributed by atoms with Crippen molar-refractivity contribution < 1.29 is 8.85 Å². The van der Waals surface area contributed by atoms with Crippen molar-refractivity contribution in [2.24, 2.45) is 0 Å². The second-order valence-electron chi connectivity index (χ2n) is 4.26. The zero-order valence-corrected chi connectivity index (χ0v) is 13.4. The predicted octanol–water partition coefficient (Wildman–Crippen LogP) is 3.25. The average Bonchev–Trinajstić information content (AvgIpc) is 2.35. The molecule has 0 aromatic rings. The lowest BCUT2D eigenvalue weighted by Gasteiger charge is -2.29. The van der Waals surface area contributed by atoms with E-state index >= 15 is 0 Å². The average molecular weight is 261 g/mol. The zero-order valence-electron chi connectivity index (χ0n) is 12.4. The standard InChI is InChI=1S/C13H31NO2Si/c1-6-14(7-2)12-11-13-17(10-5,15-8-3)16-9-4/h6-13H2,1-5H3. The molecule has 0 bridgehead atoms. The highest BCUT2D eigenvalue weighted by molar-refractivity contribution is 6.67. The van der Waals surface area contributed by atoms with Gasteiger partial charge in [-0.25, -0.2) is 0 Å². The van der Waals surface area contributed by atoms with Crippen LogP contribution in [0.1, 0.15) is 41.0 Å². The lowest BCUT2D eigenvalue weighted by molar-refractivity contribution is 0.180. The molecule has 17 heavy (non-hydrogen) atoms. The van der Waals surface area contributed by atoms with Gasteiger partial charge in [-0.3, -0.25) is 0 Å². The summed E-state index contributed by atoms with van der Waals surface area (Å²) in [7, 11) is -1.89. The summed E-state index contributed by atoms with van der Waals surface area (Å²) in [5, 5.41) is 0. The van der Waals surface area contributed by atoms with Gasteiger partial charge in [-0.05, 0) is 52.0 Å². The largest absolute Gasteiger partial charge is 0.394 e. The van der Waals surface area contributed by atoms with Gasteiger partial charge < -0.3 is 13.8 Å². The molecule has 0 aromatic carbocycles. The molecule has 0 aromatic heterocycles. The Labute approximate surface area is 109 Å². The van der Waals surface area contributed by atoms with E-state index in [9.17, 15) is 0 Å². The van der Waals surface area contributed by atoms with Crippen molar-refractivity contribution in [3.05, 3.63) is 0 Å². The zero-order chi connectivity index (χ0) is 13.1. The smallest absolute Gasteiger partial charge is 0.337 e. The molecule has 0 amide bonds. The minimum atomic E-state index is -1.89. The molecule has 0 atom stereocenters. The first-order valence-corrected chi connectivity index (χ1v) is 9.41. The van der Waals surface area contributed by atoms with E-state index in [2.05, 4.69) is 39.5 Å². The van der Waals surface area contributed by atoms with Crippen LogP contribution in [0, 0.1) is 0 Å². The molecule has 0 fully saturated rings. The summed E-state index contributed by atoms with van der Waals surface area (Å²) >= 11 is 0. The highest BCUT2D eigenvalue weighted by Gasteiger charge is 2.34. The summed E-state index contributed by atoms with van der Waals surface area (Å²) in [5.74, 6) is 0. The molecule has 0 saturated heterocycles. The van der Waals surface area contributed by atoms with Gasteiger partial charge in [0.1, 0.15) is 0 Å². The van der Waals surface area contributed by atoms with Gasteiger partial charge in [0.15, 0.2) is 0 Å². The van der Waals surface area contributed by atoms with Crippen LogP contribution in [0.4, 0.5) is 0 Å². The quantitative estimate of drug-likeness (QED) is 0.533. The summed E-state index contributed by atoms with van der Waals surface area (Å²) in [4.78, 5) is 2.46. The molecule has 0 saturated carbocycles. The molecule has 4 heteroatoms. The van der Waals surface area contributed by atoms with E-state index in [1.165, 1.54) is 13.0 Å². The molecule has 0 heterocycles. The lowest BCUT2D eigenvalue weighted by Crippen LogP contribution is -2.42. The van der Waals surface area contributed by atoms with Crippen molar-refractivity contribution in [2.75, 3.05) is 32.8 Å². The van der Waals surface area contributed by atoms with Gasteiger partial charge in [0.05, 0.1) is 0 Å². The van der Waals surface area contributed by atoms with Crippen LogP contribution in [-0.2, 0) is 8.85 Å². The van der Waals surface area contributed by atoms with Gasteiger partial charge >= 0.3 is 8.56 Å². The van der Waals surface area contributed by atoms with Crippen LogP contribution in [0.2, 0.25) is 12.1 Å². The summed E-state index contributed by atoms with van der Waals surface area (Å²) < 4.78 is 11.9. The molecule has 0 radical (unpaired) electrons. The molecule has 3 nitrogen and oxygen atoms in total. The Bertz CT molecular complexity index is 169. The fourth-order valence-corrected chi connectivity index (χ4v) is 5.09. The van der Waals surface area contributed by atoms with Gasteiger partial charge in [0, 0.05) is 13.2 Å². The molecular formula is C13H31NO2Si. The van der Waals surface area contributed by atoms with E-state index in [0.29, 0.717) is 0 Å². The minimum Gasteiger partial charge on any atom is -0.394 e. The molecule has 0 aliphatic carbocycles. The van der Waals surface area contributed by atoms with E-state index in [1.54, 1.807) is 0 Å². The Kier molecular flexibility index (Phi) is 10.1. The predicted molar refractivity (Wildman–Crippen MR) is 76.7 cm³/mol. The van der Waals surface area contributed by atoms with E-state index in [4.69, 9.17) is 8.85 Å². The van der Waals surface area contributed by atoms with Gasteiger partial charge in [-0.2, -0.15) is 0 Å². The van der Waals surface area contributed by atoms with Crippen molar-refractivity contribution in [2.45, 2.75) is 53.1 Å². The van der Waals surface area contributed by atoms with Gasteiger partial charge in [0.2, 0.25) is 0 Å². The van der Waals surface area contributed by atoms with Crippen LogP contribution in [-0.4, -0.2) is 46.3 Å². The van der Waals surface area contributed by atoms with Crippen LogP contribution >= 0.6 is 0 Å². The molecule has 104 valence electrons. The fraction of sp³-hybridized carbons (Fsp3) is 1.00. The Hall–Kier alpha value is 0.0969. The third kappa shape index (κ3) is 6.55. The maximum absolute atomic E-state index is 5.97. The molecule has 0 aliphatic rings. The van der Waals surface area contributed by atoms with E-state index in [-0.39, 0.29) is 0 Å². The van der Waals surface area contributed by atoms with Crippen molar-refractivity contribution in [1.29, 1.82) is 0 Å². The Morgan fingerprint density at radius 1 is 0.882 bits per heavy atom. The van der Waals surface area contributed by atoms with Crippen LogP contribution in [0.5, 0.6) is 0 Å². The van der Waals surface area contributed by atoms with E-state index in [1.807, 2.05) is 0 Å². The van der Waals surface area contributed by atoms with Crippen LogP contribution in [0.3, 0.4) is 0 Å². The first-order valence-electron chi connectivity index (χ1n) is 7.18. The van der Waals surface area contributed by atoms with Gasteiger partial charge in [-0.1, -0.05) is 20.8 Å². The SMILES string of the molecule is CCO[Si](CC)(CCCN(CC)CC)OCC. The highest BCUT2D eigenvalue weighted by atomic mass is 28.4. The molecular weight excluding hydrogens is 230 g/mol. The second-order valence-corrected chi connectivity index (χ2v) is 7.87. The summed E-state index contributed by atoms with van der Waals surface area (Å²) in [5.41, 5.74) is 0. The Morgan fingerprint density at radius 2 is 1.41 bits per heavy atom. The van der Waals surface area contributed by atoms with Gasteiger partial charge in [-0.15, -0.1) is 0 Å². The summed E-state index contributed by atoms with van der Waals surface area (Å²) in [6.07, 6.45) is 1.20. The molecule has 0 rings (SSSR count). The number of hydrogen-bond donors (Lipinski definition) is 0. The fourth-order valence-electron chi connectivity index (χ4n) is 2.20. The van der Waals surface area contributed by atoms with Crippen molar-refractivity contribution in [1.82, 2.24) is 4.90 Å².